The van der Waals surface area contributed by atoms with E-state index in [9.17, 15) is 4.79 Å². The molecular formula is C8H14O2. The Labute approximate surface area is 61.9 Å². The van der Waals surface area contributed by atoms with Gasteiger partial charge in [-0.15, -0.1) is 0 Å². The Morgan fingerprint density at radius 2 is 2.20 bits per heavy atom. The average Bonchev–Trinajstić information content (AvgIpc) is 1.82. The Morgan fingerprint density at radius 3 is 2.60 bits per heavy atom. The predicted octanol–water partition coefficient (Wildman–Crippen LogP) is 1.76. The minimum atomic E-state index is 0.329. The van der Waals surface area contributed by atoms with Crippen molar-refractivity contribution >= 4 is 6.47 Å². The Kier molecular flexibility index (Phi) is 4.63. The lowest BCUT2D eigenvalue weighted by atomic mass is 10.1. The molecular weight excluding hydrogens is 128 g/mol. The van der Waals surface area contributed by atoms with Gasteiger partial charge in [-0.1, -0.05) is 18.6 Å². The van der Waals surface area contributed by atoms with Crippen LogP contribution in [0.5, 0.6) is 0 Å². The van der Waals surface area contributed by atoms with Gasteiger partial charge in [0.05, 0.1) is 6.61 Å². The molecule has 0 heterocycles. The van der Waals surface area contributed by atoms with Crippen molar-refractivity contribution in [1.29, 1.82) is 0 Å². The molecule has 1 atom stereocenters. The predicted molar refractivity (Wildman–Crippen MR) is 40.6 cm³/mol. The molecule has 0 bridgehead atoms. The van der Waals surface area contributed by atoms with E-state index in [1.165, 1.54) is 5.57 Å². The first kappa shape index (κ1) is 9.21. The topological polar surface area (TPSA) is 26.3 Å². The van der Waals surface area contributed by atoms with E-state index in [2.05, 4.69) is 10.8 Å². The molecule has 58 valence electrons. The van der Waals surface area contributed by atoms with Gasteiger partial charge >= 0.3 is 0 Å². The first-order valence-corrected chi connectivity index (χ1v) is 3.37. The van der Waals surface area contributed by atoms with E-state index >= 15 is 0 Å². The van der Waals surface area contributed by atoms with Gasteiger partial charge in [0.1, 0.15) is 0 Å². The summed E-state index contributed by atoms with van der Waals surface area (Å²) in [7, 11) is 0. The fourth-order valence-corrected chi connectivity index (χ4v) is 0.808. The summed E-state index contributed by atoms with van der Waals surface area (Å²) >= 11 is 0. The first-order chi connectivity index (χ1) is 4.66. The van der Waals surface area contributed by atoms with Crippen LogP contribution in [0, 0.1) is 5.92 Å². The summed E-state index contributed by atoms with van der Waals surface area (Å²) in [6.07, 6.45) is 2.07. The van der Waals surface area contributed by atoms with E-state index in [1.54, 1.807) is 0 Å². The molecule has 0 aromatic heterocycles. The van der Waals surface area contributed by atoms with Gasteiger partial charge in [-0.05, 0) is 13.8 Å². The number of carbonyl (C=O) groups excluding carboxylic acids is 1. The van der Waals surface area contributed by atoms with Crippen molar-refractivity contribution in [2.75, 3.05) is 6.61 Å². The number of rotatable bonds is 4. The third-order valence-corrected chi connectivity index (χ3v) is 1.05. The van der Waals surface area contributed by atoms with Crippen molar-refractivity contribution in [3.63, 3.8) is 0 Å². The smallest absolute Gasteiger partial charge is 0.293 e. The maximum absolute atomic E-state index is 9.75. The van der Waals surface area contributed by atoms with E-state index in [1.807, 2.05) is 20.8 Å². The molecule has 0 saturated heterocycles. The molecule has 0 radical (unpaired) electrons. The van der Waals surface area contributed by atoms with Gasteiger partial charge in [0.25, 0.3) is 6.47 Å². The fraction of sp³-hybridized carbons (Fsp3) is 0.625. The van der Waals surface area contributed by atoms with Gasteiger partial charge < -0.3 is 4.74 Å². The van der Waals surface area contributed by atoms with Crippen LogP contribution in [0.15, 0.2) is 11.6 Å². The standard InChI is InChI=1S/C8H14O2/c1-7(2)4-8(3)5-10-6-9/h4,6,8H,5H2,1-3H3. The molecule has 0 aromatic carbocycles. The summed E-state index contributed by atoms with van der Waals surface area (Å²) in [6.45, 7) is 7.02. The molecule has 0 aliphatic rings. The maximum atomic E-state index is 9.75. The number of ether oxygens (including phenoxy) is 1. The lowest BCUT2D eigenvalue weighted by molar-refractivity contribution is -0.129. The largest absolute Gasteiger partial charge is 0.467 e. The van der Waals surface area contributed by atoms with Crippen molar-refractivity contribution < 1.29 is 9.53 Å². The van der Waals surface area contributed by atoms with Gasteiger partial charge in [-0.2, -0.15) is 0 Å². The third-order valence-electron chi connectivity index (χ3n) is 1.05. The van der Waals surface area contributed by atoms with E-state index in [-0.39, 0.29) is 0 Å². The number of allylic oxidation sites excluding steroid dienone is 1. The van der Waals surface area contributed by atoms with E-state index < -0.39 is 0 Å². The van der Waals surface area contributed by atoms with Crippen LogP contribution in [0.25, 0.3) is 0 Å². The highest BCUT2D eigenvalue weighted by Gasteiger charge is 1.95. The molecule has 0 amide bonds. The number of hydrogen-bond donors (Lipinski definition) is 0. The molecule has 0 aliphatic heterocycles. The minimum Gasteiger partial charge on any atom is -0.467 e. The van der Waals surface area contributed by atoms with Gasteiger partial charge in [0.15, 0.2) is 0 Å². The average molecular weight is 142 g/mol. The first-order valence-electron chi connectivity index (χ1n) is 3.37. The van der Waals surface area contributed by atoms with Crippen molar-refractivity contribution in [2.45, 2.75) is 20.8 Å². The molecule has 2 heteroatoms. The molecule has 0 rings (SSSR count). The lowest BCUT2D eigenvalue weighted by Gasteiger charge is -2.03. The van der Waals surface area contributed by atoms with Gasteiger partial charge in [0.2, 0.25) is 0 Å². The molecule has 2 nitrogen and oxygen atoms in total. The lowest BCUT2D eigenvalue weighted by Crippen LogP contribution is -2.01. The fourth-order valence-electron chi connectivity index (χ4n) is 0.808. The minimum absolute atomic E-state index is 0.329. The summed E-state index contributed by atoms with van der Waals surface area (Å²) in [5.74, 6) is 0.329. The van der Waals surface area contributed by atoms with Crippen LogP contribution < -0.4 is 0 Å². The molecule has 0 aromatic rings. The Balaban J connectivity index is 3.52. The third kappa shape index (κ3) is 5.35. The Morgan fingerprint density at radius 1 is 1.60 bits per heavy atom. The molecule has 0 saturated carbocycles. The summed E-state index contributed by atoms with van der Waals surface area (Å²) in [6, 6.07) is 0. The van der Waals surface area contributed by atoms with Crippen molar-refractivity contribution in [3.05, 3.63) is 11.6 Å². The van der Waals surface area contributed by atoms with Gasteiger partial charge in [-0.3, -0.25) is 4.79 Å². The van der Waals surface area contributed by atoms with Crippen LogP contribution in [0.2, 0.25) is 0 Å². The second kappa shape index (κ2) is 5.03. The summed E-state index contributed by atoms with van der Waals surface area (Å²) < 4.78 is 4.57. The quantitative estimate of drug-likeness (QED) is 0.441. The van der Waals surface area contributed by atoms with Gasteiger partial charge in [-0.25, -0.2) is 0 Å². The van der Waals surface area contributed by atoms with Crippen LogP contribution in [0.1, 0.15) is 20.8 Å². The highest BCUT2D eigenvalue weighted by atomic mass is 16.5. The van der Waals surface area contributed by atoms with Gasteiger partial charge in [0, 0.05) is 5.92 Å². The second-order valence-corrected chi connectivity index (χ2v) is 2.65. The highest BCUT2D eigenvalue weighted by Crippen LogP contribution is 2.01. The zero-order valence-corrected chi connectivity index (χ0v) is 6.76. The van der Waals surface area contributed by atoms with Crippen molar-refractivity contribution in [1.82, 2.24) is 0 Å². The highest BCUT2D eigenvalue weighted by molar-refractivity contribution is 5.36. The van der Waals surface area contributed by atoms with Crippen LogP contribution in [-0.4, -0.2) is 13.1 Å². The molecule has 0 N–H and O–H groups in total. The SMILES string of the molecule is CC(C)=CC(C)COC=O. The number of hydrogen-bond acceptors (Lipinski definition) is 2. The van der Waals surface area contributed by atoms with E-state index in [0.717, 1.165) is 0 Å². The normalized spacial score (nSPS) is 11.9. The molecule has 0 spiro atoms. The van der Waals surface area contributed by atoms with Crippen LogP contribution in [0.4, 0.5) is 0 Å². The summed E-state index contributed by atoms with van der Waals surface area (Å²) in [4.78, 5) is 9.75. The Hall–Kier alpha value is -0.790. The zero-order valence-electron chi connectivity index (χ0n) is 6.76. The van der Waals surface area contributed by atoms with E-state index in [0.29, 0.717) is 19.0 Å². The Bertz CT molecular complexity index is 123. The van der Waals surface area contributed by atoms with Crippen LogP contribution in [-0.2, 0) is 9.53 Å². The van der Waals surface area contributed by atoms with Crippen molar-refractivity contribution in [2.24, 2.45) is 5.92 Å². The van der Waals surface area contributed by atoms with Crippen molar-refractivity contribution in [3.8, 4) is 0 Å². The zero-order chi connectivity index (χ0) is 7.98. The molecule has 10 heavy (non-hydrogen) atoms. The second-order valence-electron chi connectivity index (χ2n) is 2.65. The molecule has 1 unspecified atom stereocenters. The van der Waals surface area contributed by atoms with Crippen LogP contribution >= 0.6 is 0 Å². The summed E-state index contributed by atoms with van der Waals surface area (Å²) in [5.41, 5.74) is 1.25. The molecule has 0 aliphatic carbocycles. The monoisotopic (exact) mass is 142 g/mol. The van der Waals surface area contributed by atoms with Crippen LogP contribution in [0.3, 0.4) is 0 Å². The van der Waals surface area contributed by atoms with E-state index in [4.69, 9.17) is 0 Å². The number of carbonyl (C=O) groups is 1. The molecule has 0 fully saturated rings. The summed E-state index contributed by atoms with van der Waals surface area (Å²) in [5, 5.41) is 0. The maximum Gasteiger partial charge on any atom is 0.293 e.